The van der Waals surface area contributed by atoms with Gasteiger partial charge in [0.15, 0.2) is 22.8 Å². The molecule has 12 N–H and O–H groups in total. The number of amides is 8. The minimum atomic E-state index is -0.379. The van der Waals surface area contributed by atoms with Gasteiger partial charge in [-0.05, 0) is 269 Å². The molecule has 4 saturated carbocycles. The minimum Gasteiger partial charge on any atom is -0.456 e. The summed E-state index contributed by atoms with van der Waals surface area (Å²) in [6.07, 6.45) is 25.7. The number of nitrogens with zero attached hydrogens (tertiary/aromatic N) is 11. The van der Waals surface area contributed by atoms with Gasteiger partial charge in [-0.1, -0.05) is 91.0 Å². The number of likely N-dealkylation sites (tertiary alicyclic amines) is 2. The summed E-state index contributed by atoms with van der Waals surface area (Å²) in [5.41, 5.74) is 19.8. The molecule has 0 radical (unpaired) electrons. The Morgan fingerprint density at radius 3 is 0.834 bits per heavy atom. The van der Waals surface area contributed by atoms with Gasteiger partial charge in [-0.2, -0.15) is 20.4 Å². The molecule has 11 heterocycles. The number of morpholine rings is 1. The van der Waals surface area contributed by atoms with E-state index < -0.39 is 0 Å². The molecule has 0 spiro atoms. The number of carbonyl (C=O) groups is 8. The maximum atomic E-state index is 13.3. The van der Waals surface area contributed by atoms with Crippen LogP contribution in [0, 0.1) is 23.7 Å². The maximum absolute atomic E-state index is 13.3. The van der Waals surface area contributed by atoms with E-state index in [2.05, 4.69) is 136 Å². The van der Waals surface area contributed by atoms with Gasteiger partial charge in [0.05, 0.1) is 87.0 Å². The lowest BCUT2D eigenvalue weighted by atomic mass is 10.0. The largest absolute Gasteiger partial charge is 0.456 e. The number of anilines is 8. The molecule has 0 unspecified atom stereocenters. The summed E-state index contributed by atoms with van der Waals surface area (Å²) in [6.45, 7) is 10.5. The van der Waals surface area contributed by atoms with Gasteiger partial charge in [0, 0.05) is 144 Å². The van der Waals surface area contributed by atoms with E-state index in [0.29, 0.717) is 73.4 Å². The highest BCUT2D eigenvalue weighted by Crippen LogP contribution is 2.40. The molecular formula is C112H105N23O10. The smallest absolute Gasteiger partial charge is 0.276 e. The van der Waals surface area contributed by atoms with Crippen molar-refractivity contribution in [3.05, 3.63) is 313 Å². The SMILES string of the molecule is O=C(Nc1ccccc1NC(=O)C1CC1)c1n[nH]c2ccc(-c3cncc(CN4CCC4)c3)cc12.O=C(Nc1ccccc1NC(=O)C1CC1)c1n[nH]c2ccc(-c3cncc(CN4CCCC4)c3)cc12.O=C(Nc1ccccc1NC(=O)C1CC1)c1n[nH]c2ccc(-c3cncc(CN4CCOCC4)c3)cc12.O=C(Nc1ccccc1NC(=O)C1CC1)c1n[nH]c2ccc(-c3cncc(Oc4ccccc4)c3)cc12. The monoisotopic (exact) mass is 1930 g/mol. The number of carbonyl (C=O) groups excluding carboxylic acids is 8. The van der Waals surface area contributed by atoms with Crippen LogP contribution in [-0.4, -0.2) is 175 Å². The molecule has 33 heteroatoms. The predicted molar refractivity (Wildman–Crippen MR) is 557 cm³/mol. The zero-order valence-corrected chi connectivity index (χ0v) is 79.3. The normalized spacial score (nSPS) is 15.0. The molecule has 145 heavy (non-hydrogen) atoms. The Hall–Kier alpha value is -17.1. The van der Waals surface area contributed by atoms with Crippen LogP contribution in [0.2, 0.25) is 0 Å². The van der Waals surface area contributed by atoms with Crippen LogP contribution in [0.1, 0.15) is 129 Å². The second-order valence-electron chi connectivity index (χ2n) is 37.5. The minimum absolute atomic E-state index is 0.00729. The summed E-state index contributed by atoms with van der Waals surface area (Å²) in [7, 11) is 0. The standard InChI is InChI=1S/C29H23N5O3.C28H28N6O3.C28H28N6O2.C27H26N6O2/c35-28(18-10-11-18)31-25-8-4-5-9-26(25)32-29(36)27-23-15-19(12-13-24(23)33-34-27)20-14-22(17-30-16-20)37-21-6-2-1-3-7-21;35-27(19-5-6-19)30-24-3-1-2-4-25(24)31-28(36)26-22-14-20(7-8-23(22)32-33-26)21-13-18(15-29-16-21)17-34-9-11-37-12-10-34;35-27(19-7-8-19)30-24-5-1-2-6-25(24)31-28(36)26-22-14-20(9-10-23(22)32-33-26)21-13-18(15-29-16-21)17-34-11-3-4-12-34;34-26(18-6-7-18)29-23-4-1-2-5-24(23)30-27(35)25-21-13-19(8-9-22(21)31-32-25)20-12-17(14-28-15-20)16-33-10-3-11-33/h1-9,12-18H,10-11H2,(H,31,35)(H,32,36)(H,33,34);1-4,7-8,13-16,19H,5-6,9-12,17H2,(H,30,35)(H,31,36)(H,32,33);1-2,5-6,9-10,13-16,19H,3-4,7-8,11-12,17H2,(H,30,35)(H,31,36)(H,32,33);1-2,4-5,8-9,12-15,18H,3,6-7,10-11,16H2,(H,29,34)(H,30,35)(H,31,32). The van der Waals surface area contributed by atoms with Crippen molar-refractivity contribution in [1.82, 2.24) is 75.4 Å². The van der Waals surface area contributed by atoms with Gasteiger partial charge >= 0.3 is 0 Å². The molecular weight excluding hydrogens is 1830 g/mol. The third-order valence-electron chi connectivity index (χ3n) is 26.5. The highest BCUT2D eigenvalue weighted by Gasteiger charge is 2.35. The molecule has 728 valence electrons. The van der Waals surface area contributed by atoms with E-state index in [1.165, 1.54) is 30.4 Å². The van der Waals surface area contributed by atoms with Crippen LogP contribution in [0.5, 0.6) is 11.5 Å². The Morgan fingerprint density at radius 2 is 0.545 bits per heavy atom. The number of rotatable bonds is 28. The third-order valence-corrected chi connectivity index (χ3v) is 26.5. The summed E-state index contributed by atoms with van der Waals surface area (Å²) in [4.78, 5) is 127. The highest BCUT2D eigenvalue weighted by molar-refractivity contribution is 6.17. The summed E-state index contributed by atoms with van der Waals surface area (Å²) < 4.78 is 11.4. The van der Waals surface area contributed by atoms with E-state index in [0.717, 1.165) is 212 Å². The lowest BCUT2D eigenvalue weighted by molar-refractivity contribution is -0.118. The summed E-state index contributed by atoms with van der Waals surface area (Å²) >= 11 is 0. The average molecular weight is 1930 g/mol. The zero-order valence-electron chi connectivity index (χ0n) is 79.3. The van der Waals surface area contributed by atoms with Crippen LogP contribution in [0.4, 0.5) is 45.5 Å². The van der Waals surface area contributed by atoms with Crippen LogP contribution < -0.4 is 47.3 Å². The van der Waals surface area contributed by atoms with Crippen LogP contribution in [-0.2, 0) is 43.5 Å². The van der Waals surface area contributed by atoms with E-state index in [4.69, 9.17) is 9.47 Å². The van der Waals surface area contributed by atoms with E-state index in [1.54, 1.807) is 67.0 Å². The quantitative estimate of drug-likeness (QED) is 0.0217. The van der Waals surface area contributed by atoms with Gasteiger partial charge in [0.1, 0.15) is 11.5 Å². The zero-order chi connectivity index (χ0) is 98.6. The molecule has 3 aliphatic heterocycles. The number of hydrogen-bond acceptors (Lipinski definition) is 21. The van der Waals surface area contributed by atoms with Crippen molar-refractivity contribution in [2.24, 2.45) is 23.7 Å². The lowest BCUT2D eigenvalue weighted by Crippen LogP contribution is -2.36. The molecule has 3 saturated heterocycles. The van der Waals surface area contributed by atoms with Crippen molar-refractivity contribution in [3.8, 4) is 56.0 Å². The van der Waals surface area contributed by atoms with E-state index in [-0.39, 0.29) is 82.3 Å². The summed E-state index contributed by atoms with van der Waals surface area (Å²) in [5, 5.41) is 55.1. The summed E-state index contributed by atoms with van der Waals surface area (Å²) in [6, 6.07) is 70.1. The van der Waals surface area contributed by atoms with Crippen LogP contribution >= 0.6 is 0 Å². The number of nitrogens with one attached hydrogen (secondary N) is 12. The lowest BCUT2D eigenvalue weighted by Gasteiger charge is -2.30. The second-order valence-corrected chi connectivity index (χ2v) is 37.5. The van der Waals surface area contributed by atoms with Gasteiger partial charge in [0.2, 0.25) is 23.6 Å². The summed E-state index contributed by atoms with van der Waals surface area (Å²) in [5.74, 6) is 0.145. The van der Waals surface area contributed by atoms with Gasteiger partial charge in [-0.3, -0.25) is 93.4 Å². The Kier molecular flexibility index (Phi) is 28.0. The molecule has 9 aromatic carbocycles. The van der Waals surface area contributed by atoms with Gasteiger partial charge in [-0.25, -0.2) is 0 Å². The first-order chi connectivity index (χ1) is 71.0. The third kappa shape index (κ3) is 23.2. The van der Waals surface area contributed by atoms with Crippen molar-refractivity contribution in [2.75, 3.05) is 95.0 Å². The first-order valence-electron chi connectivity index (χ1n) is 49.1. The predicted octanol–water partition coefficient (Wildman–Crippen LogP) is 19.3. The number of aromatic amines is 4. The molecule has 33 nitrogen and oxygen atoms in total. The van der Waals surface area contributed by atoms with Crippen LogP contribution in [0.15, 0.2) is 274 Å². The van der Waals surface area contributed by atoms with Crippen molar-refractivity contribution in [1.29, 1.82) is 0 Å². The molecule has 8 amide bonds. The van der Waals surface area contributed by atoms with Crippen LogP contribution in [0.3, 0.4) is 0 Å². The highest BCUT2D eigenvalue weighted by atomic mass is 16.5. The van der Waals surface area contributed by atoms with E-state index >= 15 is 0 Å². The fraction of sp³-hybridized carbons (Fsp3) is 0.232. The van der Waals surface area contributed by atoms with Crippen molar-refractivity contribution in [2.45, 2.75) is 90.3 Å². The van der Waals surface area contributed by atoms with E-state index in [9.17, 15) is 38.4 Å². The Balaban J connectivity index is 0.000000114. The number of aromatic nitrogens is 12. The fourth-order valence-corrected chi connectivity index (χ4v) is 17.8. The van der Waals surface area contributed by atoms with Crippen molar-refractivity contribution < 1.29 is 47.8 Å². The number of benzene rings is 9. The molecule has 0 atom stereocenters. The Labute approximate surface area is 833 Å². The number of pyridine rings is 4. The Bertz CT molecular complexity index is 7720. The van der Waals surface area contributed by atoms with Crippen molar-refractivity contribution >= 4 is 136 Å². The second kappa shape index (κ2) is 43.1. The van der Waals surface area contributed by atoms with Crippen molar-refractivity contribution in [3.63, 3.8) is 0 Å². The first-order valence-corrected chi connectivity index (χ1v) is 49.1. The molecule has 7 aliphatic rings. The number of ether oxygens (including phenoxy) is 2. The first kappa shape index (κ1) is 94.1. The Morgan fingerprint density at radius 1 is 0.276 bits per heavy atom. The average Bonchev–Trinajstić information content (AvgIpc) is 1.67. The molecule has 17 aromatic rings. The van der Waals surface area contributed by atoms with Crippen LogP contribution in [0.25, 0.3) is 88.1 Å². The van der Waals surface area contributed by atoms with E-state index in [1.807, 2.05) is 189 Å². The number of para-hydroxylation sites is 9. The molecule has 7 fully saturated rings. The maximum Gasteiger partial charge on any atom is 0.276 e. The topological polar surface area (TPSA) is 427 Å². The molecule has 24 rings (SSSR count). The van der Waals surface area contributed by atoms with Gasteiger partial charge < -0.3 is 52.0 Å². The fourth-order valence-electron chi connectivity index (χ4n) is 17.8. The van der Waals surface area contributed by atoms with Gasteiger partial charge in [-0.15, -0.1) is 0 Å². The number of fused-ring (bicyclic) bond motifs is 4. The molecule has 4 aliphatic carbocycles. The van der Waals surface area contributed by atoms with Gasteiger partial charge in [0.25, 0.3) is 23.6 Å². The molecule has 8 aromatic heterocycles. The number of H-pyrrole nitrogens is 4. The molecule has 0 bridgehead atoms. The number of hydrogen-bond donors (Lipinski definition) is 12.